The topological polar surface area (TPSA) is 54.3 Å². The average molecular weight is 238 g/mol. The molecule has 96 valence electrons. The Bertz CT molecular complexity index is 320. The molecule has 0 aliphatic carbocycles. The Morgan fingerprint density at radius 1 is 1.41 bits per heavy atom. The van der Waals surface area contributed by atoms with Crippen molar-refractivity contribution in [2.45, 2.75) is 45.7 Å². The molecule has 1 heterocycles. The third-order valence-corrected chi connectivity index (χ3v) is 2.46. The fourth-order valence-electron chi connectivity index (χ4n) is 1.56. The van der Waals surface area contributed by atoms with Crippen molar-refractivity contribution in [1.29, 1.82) is 0 Å². The molecule has 1 rings (SSSR count). The fraction of sp³-hybridized carbons (Fsp3) is 0.615. The van der Waals surface area contributed by atoms with Gasteiger partial charge >= 0.3 is 0 Å². The van der Waals surface area contributed by atoms with E-state index in [-0.39, 0.29) is 11.9 Å². The van der Waals surface area contributed by atoms with Gasteiger partial charge in [0.25, 0.3) is 0 Å². The molecular formula is C13H22N2O2. The molecular weight excluding hydrogens is 216 g/mol. The van der Waals surface area contributed by atoms with Crippen molar-refractivity contribution in [3.63, 3.8) is 0 Å². The van der Waals surface area contributed by atoms with Crippen molar-refractivity contribution >= 4 is 5.91 Å². The molecule has 1 aromatic heterocycles. The van der Waals surface area contributed by atoms with E-state index in [0.29, 0.717) is 12.6 Å². The van der Waals surface area contributed by atoms with Crippen molar-refractivity contribution < 1.29 is 9.21 Å². The quantitative estimate of drug-likeness (QED) is 0.760. The normalized spacial score (nSPS) is 12.7. The Labute approximate surface area is 103 Å². The first kappa shape index (κ1) is 13.8. The predicted octanol–water partition coefficient (Wildman–Crippen LogP) is 1.71. The van der Waals surface area contributed by atoms with Gasteiger partial charge in [-0.15, -0.1) is 0 Å². The Morgan fingerprint density at radius 2 is 2.18 bits per heavy atom. The van der Waals surface area contributed by atoms with Crippen LogP contribution in [-0.4, -0.2) is 24.5 Å². The summed E-state index contributed by atoms with van der Waals surface area (Å²) in [6.45, 7) is 6.36. The van der Waals surface area contributed by atoms with Gasteiger partial charge in [0, 0.05) is 18.5 Å². The second-order valence-corrected chi connectivity index (χ2v) is 4.62. The third-order valence-electron chi connectivity index (χ3n) is 2.46. The molecule has 0 aliphatic heterocycles. The van der Waals surface area contributed by atoms with Crippen LogP contribution in [0.3, 0.4) is 0 Å². The first-order chi connectivity index (χ1) is 8.08. The lowest BCUT2D eigenvalue weighted by atomic mass is 10.1. The second-order valence-electron chi connectivity index (χ2n) is 4.62. The van der Waals surface area contributed by atoms with E-state index in [4.69, 9.17) is 4.42 Å². The highest BCUT2D eigenvalue weighted by Gasteiger charge is 2.07. The minimum Gasteiger partial charge on any atom is -0.469 e. The van der Waals surface area contributed by atoms with Crippen LogP contribution < -0.4 is 10.6 Å². The van der Waals surface area contributed by atoms with Crippen LogP contribution in [0.15, 0.2) is 22.8 Å². The van der Waals surface area contributed by atoms with Gasteiger partial charge in [0.2, 0.25) is 5.91 Å². The molecule has 0 aliphatic rings. The highest BCUT2D eigenvalue weighted by Crippen LogP contribution is 2.05. The van der Waals surface area contributed by atoms with Crippen LogP contribution in [0.2, 0.25) is 0 Å². The molecule has 0 radical (unpaired) electrons. The van der Waals surface area contributed by atoms with Gasteiger partial charge in [0.1, 0.15) is 5.76 Å². The maximum Gasteiger partial charge on any atom is 0.234 e. The monoisotopic (exact) mass is 238 g/mol. The minimum atomic E-state index is 0.0462. The van der Waals surface area contributed by atoms with E-state index < -0.39 is 0 Å². The largest absolute Gasteiger partial charge is 0.469 e. The van der Waals surface area contributed by atoms with Gasteiger partial charge in [0.15, 0.2) is 0 Å². The van der Waals surface area contributed by atoms with Crippen molar-refractivity contribution in [2.24, 2.45) is 0 Å². The van der Waals surface area contributed by atoms with Crippen LogP contribution >= 0.6 is 0 Å². The Hall–Kier alpha value is -1.29. The zero-order valence-corrected chi connectivity index (χ0v) is 10.8. The van der Waals surface area contributed by atoms with Gasteiger partial charge in [-0.25, -0.2) is 0 Å². The number of furan rings is 1. The number of carbonyl (C=O) groups excluding carboxylic acids is 1. The summed E-state index contributed by atoms with van der Waals surface area (Å²) in [5.41, 5.74) is 0. The molecule has 0 aromatic carbocycles. The first-order valence-electron chi connectivity index (χ1n) is 6.13. The predicted molar refractivity (Wildman–Crippen MR) is 67.8 cm³/mol. The van der Waals surface area contributed by atoms with Gasteiger partial charge in [-0.1, -0.05) is 0 Å². The molecule has 0 saturated heterocycles. The lowest BCUT2D eigenvalue weighted by Crippen LogP contribution is -2.40. The zero-order valence-electron chi connectivity index (χ0n) is 10.8. The highest BCUT2D eigenvalue weighted by atomic mass is 16.3. The summed E-state index contributed by atoms with van der Waals surface area (Å²) in [4.78, 5) is 11.4. The van der Waals surface area contributed by atoms with Gasteiger partial charge in [-0.3, -0.25) is 4.79 Å². The van der Waals surface area contributed by atoms with E-state index >= 15 is 0 Å². The smallest absolute Gasteiger partial charge is 0.234 e. The lowest BCUT2D eigenvalue weighted by Gasteiger charge is -2.14. The highest BCUT2D eigenvalue weighted by molar-refractivity contribution is 5.78. The molecule has 1 atom stereocenters. The molecule has 0 saturated carbocycles. The summed E-state index contributed by atoms with van der Waals surface area (Å²) in [5, 5.41) is 6.04. The molecule has 1 aromatic rings. The van der Waals surface area contributed by atoms with E-state index in [0.717, 1.165) is 18.6 Å². The Kier molecular flexibility index (Phi) is 5.77. The molecule has 4 heteroatoms. The SMILES string of the molecule is CC(C)NC(=O)CNC(C)CCc1ccco1. The molecule has 0 bridgehead atoms. The average Bonchev–Trinajstić information content (AvgIpc) is 2.75. The first-order valence-corrected chi connectivity index (χ1v) is 6.13. The van der Waals surface area contributed by atoms with Crippen LogP contribution in [0.5, 0.6) is 0 Å². The molecule has 2 N–H and O–H groups in total. The van der Waals surface area contributed by atoms with Crippen LogP contribution in [0.4, 0.5) is 0 Å². The van der Waals surface area contributed by atoms with Gasteiger partial charge in [-0.2, -0.15) is 0 Å². The van der Waals surface area contributed by atoms with E-state index in [1.54, 1.807) is 6.26 Å². The summed E-state index contributed by atoms with van der Waals surface area (Å²) in [6, 6.07) is 4.36. The number of rotatable bonds is 7. The fourth-order valence-corrected chi connectivity index (χ4v) is 1.56. The third kappa shape index (κ3) is 6.12. The van der Waals surface area contributed by atoms with Gasteiger partial charge < -0.3 is 15.1 Å². The maximum absolute atomic E-state index is 11.4. The van der Waals surface area contributed by atoms with Crippen LogP contribution in [-0.2, 0) is 11.2 Å². The van der Waals surface area contributed by atoms with Crippen LogP contribution in [0.1, 0.15) is 33.0 Å². The molecule has 17 heavy (non-hydrogen) atoms. The number of hydrogen-bond acceptors (Lipinski definition) is 3. The molecule has 0 spiro atoms. The molecule has 1 amide bonds. The van der Waals surface area contributed by atoms with E-state index in [9.17, 15) is 4.79 Å². The van der Waals surface area contributed by atoms with Crippen molar-refractivity contribution in [3.05, 3.63) is 24.2 Å². The number of amides is 1. The number of hydrogen-bond donors (Lipinski definition) is 2. The molecule has 0 fully saturated rings. The Morgan fingerprint density at radius 3 is 2.76 bits per heavy atom. The lowest BCUT2D eigenvalue weighted by molar-refractivity contribution is -0.120. The van der Waals surface area contributed by atoms with Crippen molar-refractivity contribution in [2.75, 3.05) is 6.54 Å². The van der Waals surface area contributed by atoms with Gasteiger partial charge in [-0.05, 0) is 39.3 Å². The number of aryl methyl sites for hydroxylation is 1. The maximum atomic E-state index is 11.4. The summed E-state index contributed by atoms with van der Waals surface area (Å²) in [7, 11) is 0. The van der Waals surface area contributed by atoms with E-state index in [1.165, 1.54) is 0 Å². The molecule has 1 unspecified atom stereocenters. The molecule has 4 nitrogen and oxygen atoms in total. The van der Waals surface area contributed by atoms with Gasteiger partial charge in [0.05, 0.1) is 12.8 Å². The van der Waals surface area contributed by atoms with Crippen molar-refractivity contribution in [3.8, 4) is 0 Å². The summed E-state index contributed by atoms with van der Waals surface area (Å²) < 4.78 is 5.26. The van der Waals surface area contributed by atoms with Crippen molar-refractivity contribution in [1.82, 2.24) is 10.6 Å². The summed E-state index contributed by atoms with van der Waals surface area (Å²) in [5.74, 6) is 1.04. The summed E-state index contributed by atoms with van der Waals surface area (Å²) in [6.07, 6.45) is 3.54. The minimum absolute atomic E-state index is 0.0462. The standard InChI is InChI=1S/C13H22N2O2/c1-10(2)15-13(16)9-14-11(3)6-7-12-5-4-8-17-12/h4-5,8,10-11,14H,6-7,9H2,1-3H3,(H,15,16). The Balaban J connectivity index is 2.12. The zero-order chi connectivity index (χ0) is 12.7. The summed E-state index contributed by atoms with van der Waals surface area (Å²) >= 11 is 0. The van der Waals surface area contributed by atoms with E-state index in [1.807, 2.05) is 26.0 Å². The number of carbonyl (C=O) groups is 1. The second kappa shape index (κ2) is 7.12. The van der Waals surface area contributed by atoms with E-state index in [2.05, 4.69) is 17.6 Å². The van der Waals surface area contributed by atoms with Crippen LogP contribution in [0.25, 0.3) is 0 Å². The van der Waals surface area contributed by atoms with Crippen LogP contribution in [0, 0.1) is 0 Å². The number of nitrogens with one attached hydrogen (secondary N) is 2.